The summed E-state index contributed by atoms with van der Waals surface area (Å²) in [6.07, 6.45) is 0. The van der Waals surface area contributed by atoms with Crippen molar-refractivity contribution in [3.8, 4) is 11.5 Å². The lowest BCUT2D eigenvalue weighted by Crippen LogP contribution is -2.33. The van der Waals surface area contributed by atoms with Crippen LogP contribution in [0, 0.1) is 0 Å². The minimum Gasteiger partial charge on any atom is -0.493 e. The molecule has 0 heterocycles. The smallest absolute Gasteiger partial charge is 0.325 e. The first kappa shape index (κ1) is 16.3. The maximum Gasteiger partial charge on any atom is 0.325 e. The lowest BCUT2D eigenvalue weighted by Gasteiger charge is -2.24. The number of methoxy groups -OCH3 is 1. The van der Waals surface area contributed by atoms with E-state index in [2.05, 4.69) is 0 Å². The summed E-state index contributed by atoms with van der Waals surface area (Å²) in [5.41, 5.74) is 0.581. The predicted molar refractivity (Wildman–Crippen MR) is 74.3 cm³/mol. The van der Waals surface area contributed by atoms with Crippen molar-refractivity contribution in [1.82, 2.24) is 4.90 Å². The van der Waals surface area contributed by atoms with E-state index in [0.717, 1.165) is 0 Å². The average Bonchev–Trinajstić information content (AvgIpc) is 2.39. The van der Waals surface area contributed by atoms with Crippen LogP contribution < -0.4 is 9.47 Å². The number of benzene rings is 1. The molecule has 0 aliphatic carbocycles. The van der Waals surface area contributed by atoms with Gasteiger partial charge in [0.1, 0.15) is 6.04 Å². The molecule has 20 heavy (non-hydrogen) atoms. The van der Waals surface area contributed by atoms with Crippen molar-refractivity contribution in [3.63, 3.8) is 0 Å². The van der Waals surface area contributed by atoms with E-state index in [4.69, 9.17) is 14.6 Å². The van der Waals surface area contributed by atoms with Crippen molar-refractivity contribution in [2.24, 2.45) is 0 Å². The Morgan fingerprint density at radius 2 is 2.10 bits per heavy atom. The Hall–Kier alpha value is -1.79. The van der Waals surface area contributed by atoms with E-state index in [1.165, 1.54) is 7.11 Å². The number of carboxylic acids is 1. The minimum absolute atomic E-state index is 0.102. The number of nitrogens with zero attached hydrogens (tertiary/aromatic N) is 1. The number of carbonyl (C=O) groups is 1. The Labute approximate surface area is 118 Å². The Morgan fingerprint density at radius 3 is 2.60 bits per heavy atom. The lowest BCUT2D eigenvalue weighted by molar-refractivity contribution is -0.143. The molecule has 2 N–H and O–H groups in total. The van der Waals surface area contributed by atoms with E-state index in [1.54, 1.807) is 30.1 Å². The quantitative estimate of drug-likeness (QED) is 0.745. The summed E-state index contributed by atoms with van der Waals surface area (Å²) in [7, 11) is 3.18. The van der Waals surface area contributed by atoms with Gasteiger partial charge in [-0.1, -0.05) is 6.07 Å². The first-order chi connectivity index (χ1) is 9.54. The van der Waals surface area contributed by atoms with Gasteiger partial charge in [0, 0.05) is 6.54 Å². The molecule has 1 unspecified atom stereocenters. The van der Waals surface area contributed by atoms with Crippen molar-refractivity contribution >= 4 is 5.97 Å². The SMILES string of the molecule is CCOc1cc(C(C(=O)O)N(C)CCO)ccc1OC. The highest BCUT2D eigenvalue weighted by atomic mass is 16.5. The molecular formula is C14H21NO5. The molecule has 0 aromatic heterocycles. The second-order valence-electron chi connectivity index (χ2n) is 4.29. The fourth-order valence-electron chi connectivity index (χ4n) is 2.00. The van der Waals surface area contributed by atoms with Gasteiger partial charge in [-0.3, -0.25) is 9.69 Å². The van der Waals surface area contributed by atoms with E-state index in [1.807, 2.05) is 6.92 Å². The van der Waals surface area contributed by atoms with Gasteiger partial charge in [0.2, 0.25) is 0 Å². The number of aliphatic hydroxyl groups is 1. The second kappa shape index (κ2) is 7.72. The van der Waals surface area contributed by atoms with Crippen LogP contribution in [0.5, 0.6) is 11.5 Å². The monoisotopic (exact) mass is 283 g/mol. The van der Waals surface area contributed by atoms with Gasteiger partial charge in [0.05, 0.1) is 20.3 Å². The molecule has 0 saturated heterocycles. The first-order valence-electron chi connectivity index (χ1n) is 6.39. The van der Waals surface area contributed by atoms with Crippen LogP contribution in [-0.2, 0) is 4.79 Å². The van der Waals surface area contributed by atoms with Crippen LogP contribution in [0.25, 0.3) is 0 Å². The summed E-state index contributed by atoms with van der Waals surface area (Å²) in [5.74, 6) is 0.0919. The molecule has 6 heteroatoms. The molecule has 0 aliphatic rings. The van der Waals surface area contributed by atoms with Gasteiger partial charge >= 0.3 is 5.97 Å². The van der Waals surface area contributed by atoms with Gasteiger partial charge in [-0.15, -0.1) is 0 Å². The zero-order valence-electron chi connectivity index (χ0n) is 12.0. The Bertz CT molecular complexity index is 449. The molecule has 0 radical (unpaired) electrons. The van der Waals surface area contributed by atoms with Crippen LogP contribution >= 0.6 is 0 Å². The summed E-state index contributed by atoms with van der Waals surface area (Å²) in [6, 6.07) is 4.19. The van der Waals surface area contributed by atoms with Crippen molar-refractivity contribution < 1.29 is 24.5 Å². The van der Waals surface area contributed by atoms with Gasteiger partial charge in [-0.2, -0.15) is 0 Å². The number of aliphatic hydroxyl groups excluding tert-OH is 1. The van der Waals surface area contributed by atoms with E-state index in [-0.39, 0.29) is 13.2 Å². The maximum absolute atomic E-state index is 11.4. The van der Waals surface area contributed by atoms with Gasteiger partial charge in [0.25, 0.3) is 0 Å². The zero-order chi connectivity index (χ0) is 15.1. The maximum atomic E-state index is 11.4. The van der Waals surface area contributed by atoms with Crippen LogP contribution in [0.3, 0.4) is 0 Å². The molecule has 1 rings (SSSR count). The molecule has 0 aliphatic heterocycles. The Morgan fingerprint density at radius 1 is 1.40 bits per heavy atom. The van der Waals surface area contributed by atoms with Crippen molar-refractivity contribution in [1.29, 1.82) is 0 Å². The van der Waals surface area contributed by atoms with Crippen LogP contribution in [0.4, 0.5) is 0 Å². The number of hydrogen-bond donors (Lipinski definition) is 2. The van der Waals surface area contributed by atoms with Crippen molar-refractivity contribution in [2.75, 3.05) is 33.9 Å². The highest BCUT2D eigenvalue weighted by Gasteiger charge is 2.25. The zero-order valence-corrected chi connectivity index (χ0v) is 12.0. The van der Waals surface area contributed by atoms with E-state index < -0.39 is 12.0 Å². The number of rotatable bonds is 8. The third-order valence-electron chi connectivity index (χ3n) is 2.93. The molecule has 6 nitrogen and oxygen atoms in total. The molecule has 112 valence electrons. The van der Waals surface area contributed by atoms with Crippen LogP contribution in [0.2, 0.25) is 0 Å². The number of hydrogen-bond acceptors (Lipinski definition) is 5. The van der Waals surface area contributed by atoms with Crippen LogP contribution in [0.1, 0.15) is 18.5 Å². The first-order valence-corrected chi connectivity index (χ1v) is 6.39. The molecule has 0 saturated carbocycles. The molecule has 0 fully saturated rings. The third kappa shape index (κ3) is 3.85. The number of likely N-dealkylation sites (N-methyl/N-ethyl adjacent to an activating group) is 1. The van der Waals surface area contributed by atoms with Crippen LogP contribution in [-0.4, -0.2) is 55.0 Å². The summed E-state index contributed by atoms with van der Waals surface area (Å²) in [6.45, 7) is 2.48. The predicted octanol–water partition coefficient (Wildman–Crippen LogP) is 1.14. The fourth-order valence-corrected chi connectivity index (χ4v) is 2.00. The largest absolute Gasteiger partial charge is 0.493 e. The third-order valence-corrected chi connectivity index (χ3v) is 2.93. The summed E-state index contributed by atoms with van der Waals surface area (Å²) < 4.78 is 10.6. The van der Waals surface area contributed by atoms with E-state index in [0.29, 0.717) is 23.7 Å². The molecule has 0 spiro atoms. The van der Waals surface area contributed by atoms with E-state index in [9.17, 15) is 9.90 Å². The van der Waals surface area contributed by atoms with Crippen molar-refractivity contribution in [3.05, 3.63) is 23.8 Å². The lowest BCUT2D eigenvalue weighted by atomic mass is 10.0. The highest BCUT2D eigenvalue weighted by molar-refractivity contribution is 5.76. The number of carboxylic acid groups (broad SMARTS) is 1. The second-order valence-corrected chi connectivity index (χ2v) is 4.29. The molecule has 0 bridgehead atoms. The summed E-state index contributed by atoms with van der Waals surface area (Å²) in [4.78, 5) is 13.0. The standard InChI is InChI=1S/C14H21NO5/c1-4-20-12-9-10(5-6-11(12)19-3)13(14(17)18)15(2)7-8-16/h5-6,9,13,16H,4,7-8H2,1-3H3,(H,17,18). The molecular weight excluding hydrogens is 262 g/mol. The van der Waals surface area contributed by atoms with Crippen LogP contribution in [0.15, 0.2) is 18.2 Å². The fraction of sp³-hybridized carbons (Fsp3) is 0.500. The Balaban J connectivity index is 3.13. The van der Waals surface area contributed by atoms with Crippen molar-refractivity contribution in [2.45, 2.75) is 13.0 Å². The molecule has 1 atom stereocenters. The normalized spacial score (nSPS) is 12.2. The number of aliphatic carboxylic acids is 1. The minimum atomic E-state index is -0.978. The Kier molecular flexibility index (Phi) is 6.27. The molecule has 0 amide bonds. The summed E-state index contributed by atoms with van der Waals surface area (Å²) >= 11 is 0. The van der Waals surface area contributed by atoms with Gasteiger partial charge in [-0.25, -0.2) is 0 Å². The molecule has 1 aromatic carbocycles. The average molecular weight is 283 g/mol. The molecule has 1 aromatic rings. The highest BCUT2D eigenvalue weighted by Crippen LogP contribution is 2.32. The van der Waals surface area contributed by atoms with E-state index >= 15 is 0 Å². The van der Waals surface area contributed by atoms with Gasteiger partial charge in [0.15, 0.2) is 11.5 Å². The topological polar surface area (TPSA) is 79.2 Å². The van der Waals surface area contributed by atoms with Gasteiger partial charge < -0.3 is 19.7 Å². The van der Waals surface area contributed by atoms with Gasteiger partial charge in [-0.05, 0) is 31.7 Å². The summed E-state index contributed by atoms with van der Waals surface area (Å²) in [5, 5.41) is 18.3. The number of ether oxygens (including phenoxy) is 2.